The average molecular weight is 160 g/mol. The molecule has 3 nitrogen and oxygen atoms in total. The van der Waals surface area contributed by atoms with Gasteiger partial charge in [-0.05, 0) is 11.8 Å². The van der Waals surface area contributed by atoms with E-state index in [0.717, 1.165) is 0 Å². The minimum atomic E-state index is 0.0787. The summed E-state index contributed by atoms with van der Waals surface area (Å²) in [5.41, 5.74) is 0. The molecule has 2 atom stereocenters. The van der Waals surface area contributed by atoms with E-state index >= 15 is 0 Å². The van der Waals surface area contributed by atoms with Crippen molar-refractivity contribution in [2.24, 2.45) is 11.8 Å². The van der Waals surface area contributed by atoms with Crippen LogP contribution in [0.1, 0.15) is 27.7 Å². The fourth-order valence-electron chi connectivity index (χ4n) is 1.20. The van der Waals surface area contributed by atoms with Crippen LogP contribution in [0.25, 0.3) is 0 Å². The first-order valence-electron chi connectivity index (χ1n) is 4.11. The van der Waals surface area contributed by atoms with Crippen molar-refractivity contribution in [2.75, 3.05) is 0 Å². The van der Waals surface area contributed by atoms with Gasteiger partial charge in [-0.3, -0.25) is 0 Å². The molecule has 1 saturated heterocycles. The highest BCUT2D eigenvalue weighted by molar-refractivity contribution is 4.76. The van der Waals surface area contributed by atoms with Crippen LogP contribution in [0, 0.1) is 11.8 Å². The van der Waals surface area contributed by atoms with E-state index in [1.54, 1.807) is 0 Å². The Kier molecular flexibility index (Phi) is 2.87. The van der Waals surface area contributed by atoms with E-state index in [9.17, 15) is 0 Å². The topological polar surface area (TPSA) is 27.7 Å². The lowest BCUT2D eigenvalue weighted by atomic mass is 9.94. The Labute approximate surface area is 67.5 Å². The van der Waals surface area contributed by atoms with Crippen molar-refractivity contribution in [2.45, 2.75) is 39.9 Å². The molecule has 0 aromatic rings. The van der Waals surface area contributed by atoms with Crippen LogP contribution in [-0.2, 0) is 14.8 Å². The van der Waals surface area contributed by atoms with E-state index in [1.807, 2.05) is 0 Å². The Balaban J connectivity index is 2.51. The fourth-order valence-corrected chi connectivity index (χ4v) is 1.20. The molecule has 1 aliphatic heterocycles. The molecule has 0 aromatic heterocycles. The smallest absolute Gasteiger partial charge is 0.128 e. The van der Waals surface area contributed by atoms with Crippen molar-refractivity contribution >= 4 is 0 Å². The molecule has 0 radical (unpaired) electrons. The third-order valence-corrected chi connectivity index (χ3v) is 1.94. The lowest BCUT2D eigenvalue weighted by Gasteiger charge is -2.19. The summed E-state index contributed by atoms with van der Waals surface area (Å²) < 4.78 is 0. The molecule has 1 rings (SSSR count). The van der Waals surface area contributed by atoms with Gasteiger partial charge in [0, 0.05) is 0 Å². The van der Waals surface area contributed by atoms with E-state index in [4.69, 9.17) is 9.78 Å². The Morgan fingerprint density at radius 3 is 1.45 bits per heavy atom. The van der Waals surface area contributed by atoms with Gasteiger partial charge in [0.2, 0.25) is 0 Å². The van der Waals surface area contributed by atoms with Crippen LogP contribution in [0.15, 0.2) is 0 Å². The maximum absolute atomic E-state index is 4.97. The molecule has 1 fully saturated rings. The predicted octanol–water partition coefficient (Wildman–Crippen LogP) is 1.93. The van der Waals surface area contributed by atoms with Crippen molar-refractivity contribution in [3.8, 4) is 0 Å². The summed E-state index contributed by atoms with van der Waals surface area (Å²) in [5.74, 6) is 0.870. The van der Waals surface area contributed by atoms with Crippen LogP contribution in [0.4, 0.5) is 0 Å². The van der Waals surface area contributed by atoms with Gasteiger partial charge in [-0.1, -0.05) is 32.7 Å². The van der Waals surface area contributed by atoms with Crippen molar-refractivity contribution in [3.63, 3.8) is 0 Å². The van der Waals surface area contributed by atoms with Crippen molar-refractivity contribution in [1.82, 2.24) is 0 Å². The second-order valence-corrected chi connectivity index (χ2v) is 3.68. The first-order valence-corrected chi connectivity index (χ1v) is 4.11. The Bertz CT molecular complexity index is 109. The summed E-state index contributed by atoms with van der Waals surface area (Å²) in [6.07, 6.45) is 0.157. The van der Waals surface area contributed by atoms with Crippen LogP contribution in [0.5, 0.6) is 0 Å². The highest BCUT2D eigenvalue weighted by atomic mass is 17.5. The molecule has 0 bridgehead atoms. The zero-order valence-corrected chi connectivity index (χ0v) is 7.53. The van der Waals surface area contributed by atoms with Crippen molar-refractivity contribution in [3.05, 3.63) is 0 Å². The molecule has 1 aliphatic rings. The molecule has 0 unspecified atom stereocenters. The van der Waals surface area contributed by atoms with Crippen LogP contribution >= 0.6 is 0 Å². The standard InChI is InChI=1S/C8H16O3/c1-5(2)7-8(6(3)4)10-11-9-7/h5-8H,1-4H3/t7-,8-/m1/s1. The summed E-state index contributed by atoms with van der Waals surface area (Å²) in [6.45, 7) is 8.38. The summed E-state index contributed by atoms with van der Waals surface area (Å²) >= 11 is 0. The largest absolute Gasteiger partial charge is 0.200 e. The molecular formula is C8H16O3. The van der Waals surface area contributed by atoms with Crippen molar-refractivity contribution in [1.29, 1.82) is 0 Å². The second-order valence-electron chi connectivity index (χ2n) is 3.68. The molecule has 0 saturated carbocycles. The highest BCUT2D eigenvalue weighted by Gasteiger charge is 2.36. The van der Waals surface area contributed by atoms with Gasteiger partial charge in [-0.15, -0.1) is 0 Å². The normalized spacial score (nSPS) is 32.2. The maximum Gasteiger partial charge on any atom is 0.128 e. The minimum absolute atomic E-state index is 0.0787. The predicted molar refractivity (Wildman–Crippen MR) is 40.5 cm³/mol. The fraction of sp³-hybridized carbons (Fsp3) is 1.00. The Hall–Kier alpha value is -0.120. The van der Waals surface area contributed by atoms with Crippen LogP contribution in [-0.4, -0.2) is 12.2 Å². The summed E-state index contributed by atoms with van der Waals surface area (Å²) in [4.78, 5) is 9.93. The summed E-state index contributed by atoms with van der Waals surface area (Å²) in [5, 5.41) is 4.49. The lowest BCUT2D eigenvalue weighted by Crippen LogP contribution is -2.31. The second kappa shape index (κ2) is 3.52. The molecule has 0 aliphatic carbocycles. The molecule has 0 N–H and O–H groups in total. The van der Waals surface area contributed by atoms with E-state index in [0.29, 0.717) is 11.8 Å². The summed E-state index contributed by atoms with van der Waals surface area (Å²) in [7, 11) is 0. The molecule has 66 valence electrons. The molecule has 11 heavy (non-hydrogen) atoms. The first-order chi connectivity index (χ1) is 5.13. The maximum atomic E-state index is 4.97. The van der Waals surface area contributed by atoms with E-state index in [-0.39, 0.29) is 12.2 Å². The van der Waals surface area contributed by atoms with Crippen molar-refractivity contribution < 1.29 is 14.8 Å². The lowest BCUT2D eigenvalue weighted by molar-refractivity contribution is -0.468. The third kappa shape index (κ3) is 1.92. The van der Waals surface area contributed by atoms with E-state index in [1.165, 1.54) is 0 Å². The first kappa shape index (κ1) is 8.97. The van der Waals surface area contributed by atoms with Gasteiger partial charge in [-0.25, -0.2) is 0 Å². The minimum Gasteiger partial charge on any atom is -0.200 e. The highest BCUT2D eigenvalue weighted by Crippen LogP contribution is 2.26. The Morgan fingerprint density at radius 1 is 0.818 bits per heavy atom. The average Bonchev–Trinajstić information content (AvgIpc) is 2.32. The van der Waals surface area contributed by atoms with Gasteiger partial charge in [0.15, 0.2) is 0 Å². The van der Waals surface area contributed by atoms with Gasteiger partial charge in [-0.2, -0.15) is 9.78 Å². The van der Waals surface area contributed by atoms with Gasteiger partial charge in [0.25, 0.3) is 0 Å². The van der Waals surface area contributed by atoms with Crippen LogP contribution in [0.2, 0.25) is 0 Å². The quantitative estimate of drug-likeness (QED) is 0.578. The van der Waals surface area contributed by atoms with Gasteiger partial charge in [0.05, 0.1) is 0 Å². The molecule has 1 heterocycles. The third-order valence-electron chi connectivity index (χ3n) is 1.94. The van der Waals surface area contributed by atoms with Crippen LogP contribution < -0.4 is 0 Å². The number of hydrogen-bond acceptors (Lipinski definition) is 3. The Morgan fingerprint density at radius 2 is 1.18 bits per heavy atom. The number of hydrogen-bond donors (Lipinski definition) is 0. The molecule has 3 heteroatoms. The molecule has 0 amide bonds. The monoisotopic (exact) mass is 160 g/mol. The molecular weight excluding hydrogens is 144 g/mol. The van der Waals surface area contributed by atoms with Gasteiger partial charge < -0.3 is 0 Å². The molecule has 0 spiro atoms. The molecule has 0 aromatic carbocycles. The van der Waals surface area contributed by atoms with E-state index < -0.39 is 0 Å². The van der Waals surface area contributed by atoms with Gasteiger partial charge in [0.1, 0.15) is 12.2 Å². The van der Waals surface area contributed by atoms with Gasteiger partial charge >= 0.3 is 0 Å². The van der Waals surface area contributed by atoms with Crippen LogP contribution in [0.3, 0.4) is 0 Å². The summed E-state index contributed by atoms with van der Waals surface area (Å²) in [6, 6.07) is 0. The number of rotatable bonds is 2. The zero-order valence-electron chi connectivity index (χ0n) is 7.53. The zero-order chi connectivity index (χ0) is 8.43. The SMILES string of the molecule is CC(C)[C@H]1OOO[C@@H]1C(C)C. The van der Waals surface area contributed by atoms with E-state index in [2.05, 4.69) is 32.7 Å².